The van der Waals surface area contributed by atoms with Crippen LogP contribution >= 0.6 is 0 Å². The van der Waals surface area contributed by atoms with Gasteiger partial charge in [-0.05, 0) is 43.2 Å². The maximum Gasteiger partial charge on any atom is 0.254 e. The number of nitrogens with one attached hydrogen (secondary N) is 3. The van der Waals surface area contributed by atoms with E-state index in [0.717, 1.165) is 5.69 Å². The average Bonchev–Trinajstić information content (AvgIpc) is 2.88. The van der Waals surface area contributed by atoms with Crippen LogP contribution in [0.15, 0.2) is 66.9 Å². The van der Waals surface area contributed by atoms with Crippen molar-refractivity contribution < 1.29 is 18.4 Å². The highest BCUT2D eigenvalue weighted by molar-refractivity contribution is 6.08. The van der Waals surface area contributed by atoms with Crippen LogP contribution in [0.4, 0.5) is 20.2 Å². The fraction of sp³-hybridized carbons (Fsp3) is 0.207. The highest BCUT2D eigenvalue weighted by atomic mass is 19.1. The van der Waals surface area contributed by atoms with E-state index in [9.17, 15) is 9.59 Å². The summed E-state index contributed by atoms with van der Waals surface area (Å²) in [6, 6.07) is 16.0. The number of carbonyl (C=O) groups excluding carboxylic acids is 2. The van der Waals surface area contributed by atoms with Crippen LogP contribution in [0.2, 0.25) is 0 Å². The van der Waals surface area contributed by atoms with Crippen LogP contribution in [0.5, 0.6) is 0 Å². The lowest BCUT2D eigenvalue weighted by Crippen LogP contribution is -2.26. The molecule has 4 rings (SSSR count). The molecule has 8 heteroatoms. The quantitative estimate of drug-likeness (QED) is 0.266. The molecule has 0 aliphatic rings. The van der Waals surface area contributed by atoms with Gasteiger partial charge in [0.2, 0.25) is 5.91 Å². The van der Waals surface area contributed by atoms with E-state index in [0.29, 0.717) is 40.6 Å². The zero-order valence-electron chi connectivity index (χ0n) is 20.9. The standard InChI is InChI=1S/C29H28F2N4O2/c1-4-8-27(36)34-17(2)20-12-11-18(13-24(20)30)21-14-22-26(15-25(21)31)33-16-23(29(37)32-3)28(22)35-19-9-6-5-7-10-19/h5-7,9-17H,4,8H2,1-3H3,(H,32,37)(H,33,35)(H,34,36). The van der Waals surface area contributed by atoms with Gasteiger partial charge in [0.1, 0.15) is 11.6 Å². The fourth-order valence-corrected chi connectivity index (χ4v) is 4.21. The number of amides is 2. The van der Waals surface area contributed by atoms with E-state index in [1.165, 1.54) is 25.4 Å². The summed E-state index contributed by atoms with van der Waals surface area (Å²) in [5.74, 6) is -1.64. The lowest BCUT2D eigenvalue weighted by atomic mass is 9.97. The number of benzene rings is 3. The van der Waals surface area contributed by atoms with Crippen molar-refractivity contribution in [2.45, 2.75) is 32.7 Å². The number of rotatable bonds is 8. The Labute approximate surface area is 214 Å². The lowest BCUT2D eigenvalue weighted by molar-refractivity contribution is -0.121. The predicted molar refractivity (Wildman–Crippen MR) is 142 cm³/mol. The number of carbonyl (C=O) groups is 2. The maximum atomic E-state index is 15.2. The van der Waals surface area contributed by atoms with Crippen LogP contribution in [0, 0.1) is 11.6 Å². The number of halogens is 2. The van der Waals surface area contributed by atoms with Gasteiger partial charge in [-0.1, -0.05) is 37.3 Å². The number of anilines is 2. The molecule has 37 heavy (non-hydrogen) atoms. The maximum absolute atomic E-state index is 15.2. The zero-order chi connectivity index (χ0) is 26.5. The van der Waals surface area contributed by atoms with Gasteiger partial charge in [-0.25, -0.2) is 8.78 Å². The van der Waals surface area contributed by atoms with E-state index in [-0.39, 0.29) is 22.9 Å². The Bertz CT molecular complexity index is 1460. The first-order valence-electron chi connectivity index (χ1n) is 12.1. The van der Waals surface area contributed by atoms with Crippen LogP contribution in [0.1, 0.15) is 48.7 Å². The molecule has 1 unspecified atom stereocenters. The molecule has 0 aliphatic heterocycles. The Morgan fingerprint density at radius 1 is 1.00 bits per heavy atom. The summed E-state index contributed by atoms with van der Waals surface area (Å²) >= 11 is 0. The van der Waals surface area contributed by atoms with Crippen LogP contribution in [0.25, 0.3) is 22.0 Å². The first kappa shape index (κ1) is 25.8. The van der Waals surface area contributed by atoms with Gasteiger partial charge in [0.05, 0.1) is 22.8 Å². The van der Waals surface area contributed by atoms with Gasteiger partial charge in [0, 0.05) is 47.9 Å². The molecule has 3 N–H and O–H groups in total. The summed E-state index contributed by atoms with van der Waals surface area (Å²) in [6.07, 6.45) is 2.45. The molecule has 4 aromatic rings. The van der Waals surface area contributed by atoms with Gasteiger partial charge in [-0.2, -0.15) is 0 Å². The highest BCUT2D eigenvalue weighted by Crippen LogP contribution is 2.35. The topological polar surface area (TPSA) is 83.1 Å². The molecule has 0 bridgehead atoms. The molecule has 3 aromatic carbocycles. The molecule has 0 saturated carbocycles. The highest BCUT2D eigenvalue weighted by Gasteiger charge is 2.19. The van der Waals surface area contributed by atoms with Crippen LogP contribution in [0.3, 0.4) is 0 Å². The van der Waals surface area contributed by atoms with Crippen LogP contribution < -0.4 is 16.0 Å². The van der Waals surface area contributed by atoms with E-state index in [1.54, 1.807) is 25.1 Å². The molecule has 0 spiro atoms. The summed E-state index contributed by atoms with van der Waals surface area (Å²) < 4.78 is 30.3. The number of hydrogen-bond donors (Lipinski definition) is 3. The van der Waals surface area contributed by atoms with Gasteiger partial charge in [0.15, 0.2) is 0 Å². The smallest absolute Gasteiger partial charge is 0.254 e. The van der Waals surface area contributed by atoms with Gasteiger partial charge in [-0.3, -0.25) is 14.6 Å². The first-order valence-corrected chi connectivity index (χ1v) is 12.1. The van der Waals surface area contributed by atoms with Crippen molar-refractivity contribution in [2.75, 3.05) is 12.4 Å². The molecule has 190 valence electrons. The van der Waals surface area contributed by atoms with E-state index in [4.69, 9.17) is 0 Å². The molecule has 0 fully saturated rings. The van der Waals surface area contributed by atoms with Crippen molar-refractivity contribution >= 4 is 34.1 Å². The first-order chi connectivity index (χ1) is 17.8. The van der Waals surface area contributed by atoms with Gasteiger partial charge in [0.25, 0.3) is 5.91 Å². The number of hydrogen-bond acceptors (Lipinski definition) is 4. The number of aromatic nitrogens is 1. The average molecular weight is 503 g/mol. The Balaban J connectivity index is 1.80. The molecule has 1 atom stereocenters. The van der Waals surface area contributed by atoms with Gasteiger partial charge in [-0.15, -0.1) is 0 Å². The molecule has 0 radical (unpaired) electrons. The Hall–Kier alpha value is -4.33. The molecule has 0 aliphatic carbocycles. The van der Waals surface area contributed by atoms with E-state index in [2.05, 4.69) is 20.9 Å². The third-order valence-corrected chi connectivity index (χ3v) is 6.10. The third-order valence-electron chi connectivity index (χ3n) is 6.10. The summed E-state index contributed by atoms with van der Waals surface area (Å²) in [4.78, 5) is 28.8. The van der Waals surface area contributed by atoms with E-state index >= 15 is 8.78 Å². The number of nitrogens with zero attached hydrogens (tertiary/aromatic N) is 1. The Morgan fingerprint density at radius 2 is 1.76 bits per heavy atom. The number of para-hydroxylation sites is 1. The summed E-state index contributed by atoms with van der Waals surface area (Å²) in [6.45, 7) is 3.60. The van der Waals surface area contributed by atoms with Crippen molar-refractivity contribution in [3.63, 3.8) is 0 Å². The van der Waals surface area contributed by atoms with E-state index in [1.807, 2.05) is 37.3 Å². The molecule has 6 nitrogen and oxygen atoms in total. The van der Waals surface area contributed by atoms with Crippen molar-refractivity contribution in [3.8, 4) is 11.1 Å². The van der Waals surface area contributed by atoms with E-state index < -0.39 is 17.7 Å². The Kier molecular flexibility index (Phi) is 7.77. The molecule has 1 aromatic heterocycles. The number of fused-ring (bicyclic) bond motifs is 1. The normalized spacial score (nSPS) is 11.7. The molecule has 2 amide bonds. The molecular weight excluding hydrogens is 474 g/mol. The van der Waals surface area contributed by atoms with Crippen LogP contribution in [-0.2, 0) is 4.79 Å². The second-order valence-corrected chi connectivity index (χ2v) is 8.74. The van der Waals surface area contributed by atoms with Crippen molar-refractivity contribution in [3.05, 3.63) is 89.6 Å². The second kappa shape index (κ2) is 11.2. The SMILES string of the molecule is CCCC(=O)NC(C)c1ccc(-c2cc3c(Nc4ccccc4)c(C(=O)NC)cnc3cc2F)cc1F. The van der Waals surface area contributed by atoms with Crippen molar-refractivity contribution in [2.24, 2.45) is 0 Å². The van der Waals surface area contributed by atoms with Crippen molar-refractivity contribution in [1.29, 1.82) is 0 Å². The zero-order valence-corrected chi connectivity index (χ0v) is 20.9. The third kappa shape index (κ3) is 5.58. The molecule has 1 heterocycles. The summed E-state index contributed by atoms with van der Waals surface area (Å²) in [5, 5.41) is 9.14. The molecular formula is C29H28F2N4O2. The monoisotopic (exact) mass is 502 g/mol. The Morgan fingerprint density at radius 3 is 2.43 bits per heavy atom. The predicted octanol–water partition coefficient (Wildman–Crippen LogP) is 6.26. The minimum absolute atomic E-state index is 0.156. The van der Waals surface area contributed by atoms with Crippen molar-refractivity contribution in [1.82, 2.24) is 15.6 Å². The minimum atomic E-state index is -0.574. The summed E-state index contributed by atoms with van der Waals surface area (Å²) in [5.41, 5.74) is 2.62. The largest absolute Gasteiger partial charge is 0.355 e. The van der Waals surface area contributed by atoms with Crippen LogP contribution in [-0.4, -0.2) is 23.8 Å². The second-order valence-electron chi connectivity index (χ2n) is 8.74. The number of pyridine rings is 1. The minimum Gasteiger partial charge on any atom is -0.355 e. The summed E-state index contributed by atoms with van der Waals surface area (Å²) in [7, 11) is 1.52. The van der Waals surface area contributed by atoms with Gasteiger partial charge >= 0.3 is 0 Å². The van der Waals surface area contributed by atoms with Gasteiger partial charge < -0.3 is 16.0 Å². The lowest BCUT2D eigenvalue weighted by Gasteiger charge is -2.17. The molecule has 0 saturated heterocycles. The fourth-order valence-electron chi connectivity index (χ4n) is 4.21.